The number of nitrogens with zero attached hydrogens (tertiary/aromatic N) is 3. The fourth-order valence-electron chi connectivity index (χ4n) is 3.66. The van der Waals surface area contributed by atoms with Crippen molar-refractivity contribution >= 4 is 10.0 Å². The minimum Gasteiger partial charge on any atom is -0.375 e. The average Bonchev–Trinajstić information content (AvgIpc) is 2.89. The second-order valence-corrected chi connectivity index (χ2v) is 10.4. The molecule has 7 heteroatoms. The van der Waals surface area contributed by atoms with E-state index >= 15 is 0 Å². The Balaban J connectivity index is 1.54. The van der Waals surface area contributed by atoms with Crippen molar-refractivity contribution < 1.29 is 13.2 Å². The third-order valence-corrected chi connectivity index (χ3v) is 7.16. The molecule has 0 spiro atoms. The Kier molecular flexibility index (Phi) is 5.98. The normalized spacial score (nSPS) is 16.3. The first-order valence-electron chi connectivity index (χ1n) is 9.83. The summed E-state index contributed by atoms with van der Waals surface area (Å²) in [5.74, 6) is 0. The lowest BCUT2D eigenvalue weighted by molar-refractivity contribution is -0.0205. The van der Waals surface area contributed by atoms with Gasteiger partial charge in [0.15, 0.2) is 0 Å². The zero-order valence-corrected chi connectivity index (χ0v) is 18.3. The van der Waals surface area contributed by atoms with Crippen LogP contribution in [0.2, 0.25) is 0 Å². The van der Waals surface area contributed by atoms with E-state index in [2.05, 4.69) is 17.2 Å². The van der Waals surface area contributed by atoms with E-state index in [9.17, 15) is 8.42 Å². The number of aromatic nitrogens is 2. The molecule has 1 aromatic carbocycles. The molecule has 1 fully saturated rings. The van der Waals surface area contributed by atoms with E-state index in [0.29, 0.717) is 36.0 Å². The van der Waals surface area contributed by atoms with E-state index in [1.807, 2.05) is 45.9 Å². The molecule has 2 heterocycles. The topological polar surface area (TPSA) is 64.4 Å². The van der Waals surface area contributed by atoms with E-state index < -0.39 is 10.0 Å². The highest BCUT2D eigenvalue weighted by molar-refractivity contribution is 7.89. The van der Waals surface area contributed by atoms with Gasteiger partial charge < -0.3 is 4.74 Å². The molecule has 0 amide bonds. The smallest absolute Gasteiger partial charge is 0.246 e. The molecule has 0 aliphatic carbocycles. The van der Waals surface area contributed by atoms with Crippen LogP contribution in [0.25, 0.3) is 0 Å². The largest absolute Gasteiger partial charge is 0.375 e. The summed E-state index contributed by atoms with van der Waals surface area (Å²) in [6.45, 7) is 11.1. The Bertz CT molecular complexity index is 908. The summed E-state index contributed by atoms with van der Waals surface area (Å²) in [7, 11) is -3.54. The second-order valence-electron chi connectivity index (χ2n) is 8.49. The van der Waals surface area contributed by atoms with Crippen molar-refractivity contribution in [1.29, 1.82) is 0 Å². The van der Waals surface area contributed by atoms with Gasteiger partial charge in [0.2, 0.25) is 10.0 Å². The number of hydrogen-bond donors (Lipinski definition) is 0. The Hall–Kier alpha value is -1.70. The first kappa shape index (κ1) is 21.0. The van der Waals surface area contributed by atoms with E-state index in [0.717, 1.165) is 12.8 Å². The number of sulfonamides is 1. The molecule has 3 rings (SSSR count). The van der Waals surface area contributed by atoms with Crippen LogP contribution >= 0.6 is 0 Å². The van der Waals surface area contributed by atoms with Gasteiger partial charge in [0.1, 0.15) is 4.90 Å². The molecular formula is C21H31N3O3S. The number of benzene rings is 1. The summed E-state index contributed by atoms with van der Waals surface area (Å²) < 4.78 is 35.3. The fraction of sp³-hybridized carbons (Fsp3) is 0.571. The summed E-state index contributed by atoms with van der Waals surface area (Å²) in [4.78, 5) is 0.338. The highest BCUT2D eigenvalue weighted by Crippen LogP contribution is 2.30. The van der Waals surface area contributed by atoms with Crippen molar-refractivity contribution in [2.24, 2.45) is 0 Å². The van der Waals surface area contributed by atoms with Crippen LogP contribution < -0.4 is 0 Å². The maximum atomic E-state index is 13.1. The molecule has 1 saturated heterocycles. The molecule has 0 N–H and O–H groups in total. The molecule has 0 radical (unpaired) electrons. The predicted octanol–water partition coefficient (Wildman–Crippen LogP) is 3.28. The molecular weight excluding hydrogens is 374 g/mol. The summed E-state index contributed by atoms with van der Waals surface area (Å²) in [6.07, 6.45) is 1.88. The maximum absolute atomic E-state index is 13.1. The van der Waals surface area contributed by atoms with Crippen LogP contribution in [0.15, 0.2) is 35.2 Å². The predicted molar refractivity (Wildman–Crippen MR) is 110 cm³/mol. The van der Waals surface area contributed by atoms with Crippen molar-refractivity contribution in [3.05, 3.63) is 47.3 Å². The quantitative estimate of drug-likeness (QED) is 0.663. The Labute approximate surface area is 168 Å². The van der Waals surface area contributed by atoms with Gasteiger partial charge in [0.25, 0.3) is 0 Å². The van der Waals surface area contributed by atoms with Gasteiger partial charge in [-0.05, 0) is 53.0 Å². The third-order valence-electron chi connectivity index (χ3n) is 5.08. The molecule has 154 valence electrons. The van der Waals surface area contributed by atoms with Gasteiger partial charge >= 0.3 is 0 Å². The van der Waals surface area contributed by atoms with E-state index in [1.165, 1.54) is 9.87 Å². The molecule has 6 nitrogen and oxygen atoms in total. The third kappa shape index (κ3) is 4.31. The van der Waals surface area contributed by atoms with Crippen LogP contribution in [0.1, 0.15) is 44.1 Å². The molecule has 0 bridgehead atoms. The van der Waals surface area contributed by atoms with Crippen LogP contribution in [0.5, 0.6) is 0 Å². The molecule has 0 atom stereocenters. The van der Waals surface area contributed by atoms with Crippen LogP contribution in [0, 0.1) is 13.8 Å². The Morgan fingerprint density at radius 2 is 1.79 bits per heavy atom. The van der Waals surface area contributed by atoms with Gasteiger partial charge in [0, 0.05) is 19.7 Å². The summed E-state index contributed by atoms with van der Waals surface area (Å²) in [6, 6.07) is 10.3. The van der Waals surface area contributed by atoms with Crippen molar-refractivity contribution in [3.8, 4) is 0 Å². The number of rotatable bonds is 7. The SMILES string of the molecule is Cc1nn(C(C)(C)C)c(C)c1S(=O)(=O)N1CC(OCCCc2ccccc2)C1. The highest BCUT2D eigenvalue weighted by atomic mass is 32.2. The van der Waals surface area contributed by atoms with E-state index in [-0.39, 0.29) is 11.6 Å². The highest BCUT2D eigenvalue weighted by Gasteiger charge is 2.40. The van der Waals surface area contributed by atoms with Gasteiger partial charge in [0.05, 0.1) is 23.0 Å². The lowest BCUT2D eigenvalue weighted by Crippen LogP contribution is -2.54. The van der Waals surface area contributed by atoms with E-state index in [1.54, 1.807) is 11.6 Å². The molecule has 0 saturated carbocycles. The molecule has 28 heavy (non-hydrogen) atoms. The average molecular weight is 406 g/mol. The van der Waals surface area contributed by atoms with Gasteiger partial charge in [-0.1, -0.05) is 30.3 Å². The zero-order chi connectivity index (χ0) is 20.5. The van der Waals surface area contributed by atoms with Crippen molar-refractivity contribution in [3.63, 3.8) is 0 Å². The lowest BCUT2D eigenvalue weighted by atomic mass is 10.1. The van der Waals surface area contributed by atoms with Crippen molar-refractivity contribution in [1.82, 2.24) is 14.1 Å². The first-order valence-corrected chi connectivity index (χ1v) is 11.3. The van der Waals surface area contributed by atoms with Crippen LogP contribution in [-0.4, -0.2) is 48.3 Å². The summed E-state index contributed by atoms with van der Waals surface area (Å²) in [5, 5.41) is 4.48. The van der Waals surface area contributed by atoms with Crippen molar-refractivity contribution in [2.45, 2.75) is 64.0 Å². The van der Waals surface area contributed by atoms with Gasteiger partial charge in [-0.3, -0.25) is 4.68 Å². The zero-order valence-electron chi connectivity index (χ0n) is 17.5. The molecule has 1 aliphatic rings. The summed E-state index contributed by atoms with van der Waals surface area (Å²) >= 11 is 0. The Morgan fingerprint density at radius 1 is 1.14 bits per heavy atom. The van der Waals surface area contributed by atoms with Gasteiger partial charge in [-0.15, -0.1) is 0 Å². The summed E-state index contributed by atoms with van der Waals surface area (Å²) in [5.41, 5.74) is 2.28. The molecule has 0 unspecified atom stereocenters. The van der Waals surface area contributed by atoms with Crippen LogP contribution in [-0.2, 0) is 26.7 Å². The van der Waals surface area contributed by atoms with Gasteiger partial charge in [-0.25, -0.2) is 8.42 Å². The van der Waals surface area contributed by atoms with Crippen LogP contribution in [0.3, 0.4) is 0 Å². The van der Waals surface area contributed by atoms with Crippen molar-refractivity contribution in [2.75, 3.05) is 19.7 Å². The van der Waals surface area contributed by atoms with E-state index in [4.69, 9.17) is 4.74 Å². The molecule has 1 aliphatic heterocycles. The maximum Gasteiger partial charge on any atom is 0.246 e. The number of aryl methyl sites for hydroxylation is 2. The lowest BCUT2D eigenvalue weighted by Gasteiger charge is -2.37. The van der Waals surface area contributed by atoms with Gasteiger partial charge in [-0.2, -0.15) is 9.40 Å². The monoisotopic (exact) mass is 405 g/mol. The standard InChI is InChI=1S/C21H31N3O3S/c1-16-20(17(2)24(22-16)21(3,4)5)28(25,26)23-14-19(15-23)27-13-9-12-18-10-7-6-8-11-18/h6-8,10-11,19H,9,12-15H2,1-5H3. The fourth-order valence-corrected chi connectivity index (χ4v) is 5.51. The molecule has 1 aromatic heterocycles. The minimum atomic E-state index is -3.54. The number of hydrogen-bond acceptors (Lipinski definition) is 4. The second kappa shape index (κ2) is 7.97. The molecule has 2 aromatic rings. The number of ether oxygens (including phenoxy) is 1. The first-order chi connectivity index (χ1) is 13.1. The van der Waals surface area contributed by atoms with Crippen LogP contribution in [0.4, 0.5) is 0 Å². The minimum absolute atomic E-state index is 0.0242. The Morgan fingerprint density at radius 3 is 2.36 bits per heavy atom.